The van der Waals surface area contributed by atoms with Crippen molar-refractivity contribution in [3.05, 3.63) is 40.4 Å². The molecule has 0 saturated carbocycles. The topological polar surface area (TPSA) is 103 Å². The molecule has 0 aliphatic carbocycles. The lowest BCUT2D eigenvalue weighted by atomic mass is 9.87. The summed E-state index contributed by atoms with van der Waals surface area (Å²) in [5.41, 5.74) is 5.93. The monoisotopic (exact) mass is 639 g/mol. The first kappa shape index (κ1) is 28.1. The molecule has 13 heteroatoms. The van der Waals surface area contributed by atoms with E-state index in [2.05, 4.69) is 20.1 Å². The molecule has 228 valence electrons. The molecule has 1 spiro atoms. The van der Waals surface area contributed by atoms with Crippen LogP contribution in [0.4, 0.5) is 24.0 Å². The average Bonchev–Trinajstić information content (AvgIpc) is 3.74. The second kappa shape index (κ2) is 10.1. The number of aromatic nitrogens is 2. The maximum absolute atomic E-state index is 16.8. The molecule has 44 heavy (non-hydrogen) atoms. The number of hydrogen-bond donors (Lipinski definition) is 2. The molecule has 4 aliphatic rings. The Morgan fingerprint density at radius 2 is 2.07 bits per heavy atom. The van der Waals surface area contributed by atoms with Crippen molar-refractivity contribution in [2.75, 3.05) is 50.0 Å². The van der Waals surface area contributed by atoms with Crippen LogP contribution >= 0.6 is 22.9 Å². The van der Waals surface area contributed by atoms with E-state index in [-0.39, 0.29) is 60.5 Å². The number of alkyl halides is 1. The molecule has 6 heterocycles. The second-order valence-corrected chi connectivity index (χ2v) is 14.0. The SMILES string of the molecule is N#Cc1c(N)sc2c(F)ccc(-c3c(Cl)cc4c(N5CC[C@]6(CCN6)C5)nc(OC[C@@]56CCCN5C[C@H](F)C6)nc4c3F)c12. The molecular formula is C31H29ClF3N7OS. The number of thiophene rings is 1. The standard InChI is InChI=1S/C31H29ClF3N7OS/c32-20-10-18-25(24(35)23(20)17-2-3-21(34)26-22(17)19(12-36)27(37)44-26)39-29(40-28(18)41-9-6-30(14-41)5-7-38-30)43-15-31-4-1-8-42(31)13-16(33)11-31/h2-3,10,16,38H,1,4-9,11,13-15,37H2/t16-,30-,31+/m1/s1. The first-order valence-corrected chi connectivity index (χ1v) is 16.0. The van der Waals surface area contributed by atoms with Gasteiger partial charge in [0.1, 0.15) is 41.0 Å². The maximum Gasteiger partial charge on any atom is 0.319 e. The van der Waals surface area contributed by atoms with Gasteiger partial charge in [-0.05, 0) is 56.5 Å². The lowest BCUT2D eigenvalue weighted by Crippen LogP contribution is -2.58. The summed E-state index contributed by atoms with van der Waals surface area (Å²) < 4.78 is 52.5. The van der Waals surface area contributed by atoms with Crippen LogP contribution in [0.5, 0.6) is 6.01 Å². The average molecular weight is 640 g/mol. The van der Waals surface area contributed by atoms with Crippen LogP contribution < -0.4 is 20.7 Å². The van der Waals surface area contributed by atoms with Gasteiger partial charge in [-0.25, -0.2) is 13.2 Å². The Labute approximate surface area is 260 Å². The number of rotatable bonds is 5. The van der Waals surface area contributed by atoms with Crippen molar-refractivity contribution in [1.29, 1.82) is 5.26 Å². The van der Waals surface area contributed by atoms with Gasteiger partial charge in [0.05, 0.1) is 20.8 Å². The fourth-order valence-corrected chi connectivity index (χ4v) is 8.99. The van der Waals surface area contributed by atoms with E-state index in [4.69, 9.17) is 27.1 Å². The first-order chi connectivity index (χ1) is 21.2. The summed E-state index contributed by atoms with van der Waals surface area (Å²) in [5.74, 6) is -0.779. The van der Waals surface area contributed by atoms with Gasteiger partial charge in [0.15, 0.2) is 5.82 Å². The smallest absolute Gasteiger partial charge is 0.319 e. The Bertz CT molecular complexity index is 1890. The largest absolute Gasteiger partial charge is 0.461 e. The number of nitrogens with two attached hydrogens (primary N) is 1. The highest BCUT2D eigenvalue weighted by molar-refractivity contribution is 7.23. The van der Waals surface area contributed by atoms with E-state index in [0.717, 1.165) is 50.1 Å². The molecule has 4 aliphatic heterocycles. The van der Waals surface area contributed by atoms with Crippen LogP contribution in [0.2, 0.25) is 5.02 Å². The number of anilines is 2. The molecule has 2 aromatic carbocycles. The molecule has 3 atom stereocenters. The van der Waals surface area contributed by atoms with Gasteiger partial charge in [0, 0.05) is 47.9 Å². The molecule has 0 unspecified atom stereocenters. The van der Waals surface area contributed by atoms with Gasteiger partial charge in [-0.1, -0.05) is 17.7 Å². The van der Waals surface area contributed by atoms with Crippen LogP contribution in [-0.4, -0.2) is 71.4 Å². The van der Waals surface area contributed by atoms with E-state index in [1.54, 1.807) is 6.07 Å². The minimum atomic E-state index is -0.915. The Hall–Kier alpha value is -3.37. The molecule has 4 fully saturated rings. The number of nitrogen functional groups attached to an aromatic ring is 1. The molecule has 2 aromatic heterocycles. The molecule has 0 radical (unpaired) electrons. The third kappa shape index (κ3) is 4.16. The first-order valence-electron chi connectivity index (χ1n) is 14.8. The highest BCUT2D eigenvalue weighted by Crippen LogP contribution is 2.47. The summed E-state index contributed by atoms with van der Waals surface area (Å²) >= 11 is 7.75. The van der Waals surface area contributed by atoms with Crippen LogP contribution in [0.1, 0.15) is 37.7 Å². The van der Waals surface area contributed by atoms with Crippen molar-refractivity contribution in [1.82, 2.24) is 20.2 Å². The quantitative estimate of drug-likeness (QED) is 0.283. The third-order valence-electron chi connectivity index (χ3n) is 10.0. The van der Waals surface area contributed by atoms with E-state index in [1.807, 2.05) is 6.07 Å². The van der Waals surface area contributed by atoms with Crippen molar-refractivity contribution in [3.8, 4) is 23.2 Å². The van der Waals surface area contributed by atoms with Gasteiger partial charge >= 0.3 is 6.01 Å². The summed E-state index contributed by atoms with van der Waals surface area (Å²) in [6.45, 7) is 3.75. The number of halogens is 4. The lowest BCUT2D eigenvalue weighted by Gasteiger charge is -2.39. The van der Waals surface area contributed by atoms with Crippen molar-refractivity contribution < 1.29 is 17.9 Å². The summed E-state index contributed by atoms with van der Waals surface area (Å²) in [7, 11) is 0. The van der Waals surface area contributed by atoms with Crippen molar-refractivity contribution in [3.63, 3.8) is 0 Å². The van der Waals surface area contributed by atoms with Gasteiger partial charge in [-0.2, -0.15) is 15.2 Å². The van der Waals surface area contributed by atoms with E-state index < -0.39 is 23.3 Å². The Morgan fingerprint density at radius 3 is 2.82 bits per heavy atom. The van der Waals surface area contributed by atoms with Crippen molar-refractivity contribution in [2.45, 2.75) is 49.4 Å². The van der Waals surface area contributed by atoms with Gasteiger partial charge < -0.3 is 20.7 Å². The summed E-state index contributed by atoms with van der Waals surface area (Å²) in [6, 6.07) is 6.30. The number of hydrogen-bond acceptors (Lipinski definition) is 9. The molecule has 8 rings (SSSR count). The summed E-state index contributed by atoms with van der Waals surface area (Å²) in [5, 5.41) is 14.2. The number of fused-ring (bicyclic) bond motifs is 3. The van der Waals surface area contributed by atoms with Gasteiger partial charge in [0.25, 0.3) is 0 Å². The predicted molar refractivity (Wildman–Crippen MR) is 165 cm³/mol. The van der Waals surface area contributed by atoms with E-state index in [9.17, 15) is 14.0 Å². The number of nitrogens with zero attached hydrogens (tertiary/aromatic N) is 5. The van der Waals surface area contributed by atoms with Crippen LogP contribution in [0, 0.1) is 23.0 Å². The Balaban J connectivity index is 1.28. The summed E-state index contributed by atoms with van der Waals surface area (Å²) in [4.78, 5) is 13.6. The van der Waals surface area contributed by atoms with E-state index in [1.165, 1.54) is 12.1 Å². The van der Waals surface area contributed by atoms with Crippen LogP contribution in [0.25, 0.3) is 32.1 Å². The highest BCUT2D eigenvalue weighted by atomic mass is 35.5. The van der Waals surface area contributed by atoms with Gasteiger partial charge in [-0.3, -0.25) is 4.90 Å². The van der Waals surface area contributed by atoms with E-state index >= 15 is 4.39 Å². The lowest BCUT2D eigenvalue weighted by molar-refractivity contribution is 0.107. The molecular weight excluding hydrogens is 611 g/mol. The maximum atomic E-state index is 16.8. The predicted octanol–water partition coefficient (Wildman–Crippen LogP) is 5.79. The minimum Gasteiger partial charge on any atom is -0.461 e. The third-order valence-corrected chi connectivity index (χ3v) is 11.4. The zero-order valence-electron chi connectivity index (χ0n) is 23.7. The number of nitrogens with one attached hydrogen (secondary N) is 1. The van der Waals surface area contributed by atoms with Crippen LogP contribution in [0.15, 0.2) is 18.2 Å². The Morgan fingerprint density at radius 1 is 1.23 bits per heavy atom. The normalized spacial score (nSPS) is 26.5. The molecule has 4 aromatic rings. The second-order valence-electron chi connectivity index (χ2n) is 12.5. The van der Waals surface area contributed by atoms with Gasteiger partial charge in [0.2, 0.25) is 0 Å². The fourth-order valence-electron chi connectivity index (χ4n) is 7.75. The number of nitriles is 1. The van der Waals surface area contributed by atoms with Crippen LogP contribution in [0.3, 0.4) is 0 Å². The van der Waals surface area contributed by atoms with Gasteiger partial charge in [-0.15, -0.1) is 11.3 Å². The number of ether oxygens (including phenoxy) is 1. The van der Waals surface area contributed by atoms with E-state index in [0.29, 0.717) is 37.3 Å². The van der Waals surface area contributed by atoms with Crippen LogP contribution in [-0.2, 0) is 0 Å². The molecule has 8 nitrogen and oxygen atoms in total. The Kier molecular flexibility index (Phi) is 6.44. The van der Waals surface area contributed by atoms with Crippen molar-refractivity contribution in [2.24, 2.45) is 0 Å². The number of benzene rings is 2. The highest BCUT2D eigenvalue weighted by Gasteiger charge is 2.49. The minimum absolute atomic E-state index is 0.00155. The zero-order chi connectivity index (χ0) is 30.4. The molecule has 0 amide bonds. The summed E-state index contributed by atoms with van der Waals surface area (Å²) in [6.07, 6.45) is 3.21. The van der Waals surface area contributed by atoms with Crippen molar-refractivity contribution >= 4 is 54.7 Å². The molecule has 4 saturated heterocycles. The fraction of sp³-hybridized carbons (Fsp3) is 0.452. The molecule has 0 bridgehead atoms. The molecule has 3 N–H and O–H groups in total. The zero-order valence-corrected chi connectivity index (χ0v) is 25.3.